The molecule has 2 aromatic carbocycles. The first-order chi connectivity index (χ1) is 12.0. The maximum Gasteiger partial charge on any atom is 0.261 e. The van der Waals surface area contributed by atoms with Gasteiger partial charge in [-0.1, -0.05) is 6.07 Å². The van der Waals surface area contributed by atoms with Crippen LogP contribution in [0.3, 0.4) is 0 Å². The van der Waals surface area contributed by atoms with Gasteiger partial charge in [0.15, 0.2) is 0 Å². The lowest BCUT2D eigenvalue weighted by Gasteiger charge is -2.19. The van der Waals surface area contributed by atoms with Crippen molar-refractivity contribution in [3.63, 3.8) is 0 Å². The van der Waals surface area contributed by atoms with Gasteiger partial charge in [-0.15, -0.1) is 0 Å². The number of carbonyl (C=O) groups excluding carboxylic acids is 1. The summed E-state index contributed by atoms with van der Waals surface area (Å²) in [4.78, 5) is 12.3. The molecule has 0 spiro atoms. The fourth-order valence-corrected chi connectivity index (χ4v) is 3.23. The average molecular weight is 379 g/mol. The van der Waals surface area contributed by atoms with Gasteiger partial charge in [-0.3, -0.25) is 9.52 Å². The number of halogens is 1. The second kappa shape index (κ2) is 7.43. The molecule has 26 heavy (non-hydrogen) atoms. The summed E-state index contributed by atoms with van der Waals surface area (Å²) in [5.74, 6) is -0.870. The van der Waals surface area contributed by atoms with Crippen LogP contribution in [-0.4, -0.2) is 26.4 Å². The number of rotatable bonds is 6. The molecule has 2 aromatic rings. The highest BCUT2D eigenvalue weighted by atomic mass is 32.2. The molecular weight excluding hydrogens is 357 g/mol. The van der Waals surface area contributed by atoms with Crippen LogP contribution in [0.2, 0.25) is 0 Å². The van der Waals surface area contributed by atoms with E-state index in [1.807, 2.05) is 0 Å². The van der Waals surface area contributed by atoms with Crippen molar-refractivity contribution in [3.05, 3.63) is 59.4 Å². The summed E-state index contributed by atoms with van der Waals surface area (Å²) in [5.41, 5.74) is 6.37. The first-order valence-corrected chi connectivity index (χ1v) is 9.42. The fraction of sp³-hybridized carbons (Fsp3) is 0.278. The van der Waals surface area contributed by atoms with Crippen molar-refractivity contribution in [2.24, 2.45) is 5.73 Å². The molecule has 0 aromatic heterocycles. The zero-order valence-corrected chi connectivity index (χ0v) is 15.7. The predicted octanol–water partition coefficient (Wildman–Crippen LogP) is 2.40. The predicted molar refractivity (Wildman–Crippen MR) is 99.0 cm³/mol. The van der Waals surface area contributed by atoms with Crippen LogP contribution in [0.15, 0.2) is 47.4 Å². The molecule has 0 saturated carbocycles. The van der Waals surface area contributed by atoms with Crippen LogP contribution in [-0.2, 0) is 10.0 Å². The third kappa shape index (κ3) is 5.27. The van der Waals surface area contributed by atoms with E-state index >= 15 is 0 Å². The molecule has 6 nitrogen and oxygen atoms in total. The Balaban J connectivity index is 2.27. The number of carbonyl (C=O) groups is 1. The Morgan fingerprint density at radius 2 is 1.77 bits per heavy atom. The molecular formula is C18H22FN3O3S. The maximum atomic E-state index is 13.0. The Labute approximate surface area is 152 Å². The SMILES string of the molecule is Cc1ccc(S(=O)(=O)Nc2ccc(F)cc2)cc1C(=O)NCC(C)(C)N. The van der Waals surface area contributed by atoms with Gasteiger partial charge in [0.2, 0.25) is 0 Å². The van der Waals surface area contributed by atoms with Crippen molar-refractivity contribution in [2.75, 3.05) is 11.3 Å². The van der Waals surface area contributed by atoms with Crippen LogP contribution in [0.5, 0.6) is 0 Å². The minimum atomic E-state index is -3.92. The molecule has 0 fully saturated rings. The summed E-state index contributed by atoms with van der Waals surface area (Å²) in [6.07, 6.45) is 0. The highest BCUT2D eigenvalue weighted by molar-refractivity contribution is 7.92. The molecule has 0 aliphatic rings. The Kier molecular flexibility index (Phi) is 5.68. The molecule has 0 saturated heterocycles. The van der Waals surface area contributed by atoms with Gasteiger partial charge in [-0.2, -0.15) is 0 Å². The van der Waals surface area contributed by atoms with Crippen LogP contribution in [0.25, 0.3) is 0 Å². The van der Waals surface area contributed by atoms with E-state index in [0.717, 1.165) is 12.1 Å². The topological polar surface area (TPSA) is 101 Å². The summed E-state index contributed by atoms with van der Waals surface area (Å²) in [6, 6.07) is 9.21. The van der Waals surface area contributed by atoms with E-state index < -0.39 is 27.3 Å². The van der Waals surface area contributed by atoms with Gasteiger partial charge in [0.05, 0.1) is 4.90 Å². The van der Waals surface area contributed by atoms with E-state index in [0.29, 0.717) is 5.56 Å². The molecule has 0 aliphatic heterocycles. The zero-order chi connectivity index (χ0) is 19.5. The van der Waals surface area contributed by atoms with E-state index in [4.69, 9.17) is 5.73 Å². The number of anilines is 1. The molecule has 0 radical (unpaired) electrons. The summed E-state index contributed by atoms with van der Waals surface area (Å²) >= 11 is 0. The fourth-order valence-electron chi connectivity index (χ4n) is 2.15. The first kappa shape index (κ1) is 19.9. The molecule has 0 bridgehead atoms. The van der Waals surface area contributed by atoms with E-state index in [2.05, 4.69) is 10.0 Å². The van der Waals surface area contributed by atoms with Gasteiger partial charge in [0.25, 0.3) is 15.9 Å². The normalized spacial score (nSPS) is 11.9. The lowest BCUT2D eigenvalue weighted by Crippen LogP contribution is -2.45. The van der Waals surface area contributed by atoms with Crippen molar-refractivity contribution in [3.8, 4) is 0 Å². The quantitative estimate of drug-likeness (QED) is 0.717. The first-order valence-electron chi connectivity index (χ1n) is 7.94. The Hall–Kier alpha value is -2.45. The second-order valence-electron chi connectivity index (χ2n) is 6.76. The van der Waals surface area contributed by atoms with Crippen molar-refractivity contribution in [2.45, 2.75) is 31.2 Å². The number of nitrogens with two attached hydrogens (primary N) is 1. The number of amides is 1. The van der Waals surface area contributed by atoms with E-state index in [9.17, 15) is 17.6 Å². The molecule has 4 N–H and O–H groups in total. The largest absolute Gasteiger partial charge is 0.350 e. The van der Waals surface area contributed by atoms with Gasteiger partial charge in [0, 0.05) is 23.3 Å². The van der Waals surface area contributed by atoms with Gasteiger partial charge in [0.1, 0.15) is 5.82 Å². The molecule has 0 aliphatic carbocycles. The number of benzene rings is 2. The molecule has 0 unspecified atom stereocenters. The Morgan fingerprint density at radius 3 is 2.35 bits per heavy atom. The summed E-state index contributed by atoms with van der Waals surface area (Å²) < 4.78 is 40.4. The van der Waals surface area contributed by atoms with Crippen molar-refractivity contribution in [1.29, 1.82) is 0 Å². The van der Waals surface area contributed by atoms with Crippen molar-refractivity contribution in [1.82, 2.24) is 5.32 Å². The maximum absolute atomic E-state index is 13.0. The van der Waals surface area contributed by atoms with E-state index in [-0.39, 0.29) is 22.7 Å². The minimum Gasteiger partial charge on any atom is -0.350 e. The van der Waals surface area contributed by atoms with Gasteiger partial charge in [-0.05, 0) is 62.7 Å². The molecule has 0 heterocycles. The number of hydrogen-bond acceptors (Lipinski definition) is 4. The Bertz CT molecular complexity index is 904. The smallest absolute Gasteiger partial charge is 0.261 e. The average Bonchev–Trinajstić information content (AvgIpc) is 2.54. The molecule has 140 valence electrons. The molecule has 2 rings (SSSR count). The lowest BCUT2D eigenvalue weighted by atomic mass is 10.1. The standard InChI is InChI=1S/C18H22FN3O3S/c1-12-4-9-15(10-16(12)17(23)21-11-18(2,3)20)26(24,25)22-14-7-5-13(19)6-8-14/h4-10,22H,11,20H2,1-3H3,(H,21,23). The minimum absolute atomic E-state index is 0.0652. The van der Waals surface area contributed by atoms with Crippen LogP contribution in [0.1, 0.15) is 29.8 Å². The number of hydrogen-bond donors (Lipinski definition) is 3. The van der Waals surface area contributed by atoms with Gasteiger partial charge < -0.3 is 11.1 Å². The number of aryl methyl sites for hydroxylation is 1. The highest BCUT2D eigenvalue weighted by Gasteiger charge is 2.19. The monoisotopic (exact) mass is 379 g/mol. The number of sulfonamides is 1. The summed E-state index contributed by atoms with van der Waals surface area (Å²) in [7, 11) is -3.92. The van der Waals surface area contributed by atoms with Gasteiger partial charge >= 0.3 is 0 Å². The summed E-state index contributed by atoms with van der Waals surface area (Å²) in [6.45, 7) is 5.50. The second-order valence-corrected chi connectivity index (χ2v) is 8.44. The summed E-state index contributed by atoms with van der Waals surface area (Å²) in [5, 5.41) is 2.69. The van der Waals surface area contributed by atoms with Crippen LogP contribution < -0.4 is 15.8 Å². The van der Waals surface area contributed by atoms with Crippen LogP contribution in [0.4, 0.5) is 10.1 Å². The zero-order valence-electron chi connectivity index (χ0n) is 14.8. The van der Waals surface area contributed by atoms with E-state index in [1.165, 1.54) is 24.3 Å². The van der Waals surface area contributed by atoms with Crippen molar-refractivity contribution >= 4 is 21.6 Å². The lowest BCUT2D eigenvalue weighted by molar-refractivity contribution is 0.0945. The third-order valence-electron chi connectivity index (χ3n) is 3.56. The van der Waals surface area contributed by atoms with Crippen molar-refractivity contribution < 1.29 is 17.6 Å². The molecule has 1 amide bonds. The van der Waals surface area contributed by atoms with E-state index in [1.54, 1.807) is 26.8 Å². The van der Waals surface area contributed by atoms with Crippen LogP contribution >= 0.6 is 0 Å². The van der Waals surface area contributed by atoms with Crippen LogP contribution in [0, 0.1) is 12.7 Å². The number of nitrogens with one attached hydrogen (secondary N) is 2. The molecule has 0 atom stereocenters. The molecule has 8 heteroatoms. The Morgan fingerprint density at radius 1 is 1.15 bits per heavy atom. The third-order valence-corrected chi connectivity index (χ3v) is 4.94. The highest BCUT2D eigenvalue weighted by Crippen LogP contribution is 2.19. The van der Waals surface area contributed by atoms with Gasteiger partial charge in [-0.25, -0.2) is 12.8 Å².